The first-order valence-corrected chi connectivity index (χ1v) is 6.46. The number of hydrogen-bond donors (Lipinski definition) is 1. The van der Waals surface area contributed by atoms with Gasteiger partial charge in [0.05, 0.1) is 12.3 Å². The van der Waals surface area contributed by atoms with Gasteiger partial charge in [0.1, 0.15) is 17.1 Å². The van der Waals surface area contributed by atoms with Crippen LogP contribution < -0.4 is 5.32 Å². The Hall–Kier alpha value is -2.00. The van der Waals surface area contributed by atoms with Gasteiger partial charge in [0.2, 0.25) is 0 Å². The van der Waals surface area contributed by atoms with Crippen molar-refractivity contribution in [3.8, 4) is 0 Å². The molecule has 0 saturated heterocycles. The van der Waals surface area contributed by atoms with E-state index in [9.17, 15) is 0 Å². The maximum Gasteiger partial charge on any atom is 0.134 e. The topological polar surface area (TPSA) is 38.3 Å². The molecule has 0 radical (unpaired) electrons. The summed E-state index contributed by atoms with van der Waals surface area (Å²) in [7, 11) is 1.94. The second kappa shape index (κ2) is 4.94. The molecule has 1 atom stereocenters. The lowest BCUT2D eigenvalue weighted by atomic mass is 10.1. The van der Waals surface area contributed by atoms with Crippen molar-refractivity contribution < 1.29 is 8.83 Å². The van der Waals surface area contributed by atoms with Crippen LogP contribution in [0.2, 0.25) is 0 Å². The van der Waals surface area contributed by atoms with Gasteiger partial charge in [-0.15, -0.1) is 0 Å². The maximum absolute atomic E-state index is 5.92. The third-order valence-corrected chi connectivity index (χ3v) is 3.37. The Balaban J connectivity index is 1.92. The van der Waals surface area contributed by atoms with Gasteiger partial charge in [-0.2, -0.15) is 0 Å². The maximum atomic E-state index is 5.92. The second-order valence-electron chi connectivity index (χ2n) is 4.81. The van der Waals surface area contributed by atoms with Gasteiger partial charge in [-0.25, -0.2) is 0 Å². The fraction of sp³-hybridized carbons (Fsp3) is 0.250. The zero-order chi connectivity index (χ0) is 13.2. The number of aryl methyl sites for hydroxylation is 1. The Bertz CT molecular complexity index is 667. The van der Waals surface area contributed by atoms with E-state index in [1.165, 1.54) is 5.56 Å². The molecule has 1 aromatic carbocycles. The lowest BCUT2D eigenvalue weighted by Crippen LogP contribution is -2.17. The lowest BCUT2D eigenvalue weighted by Gasteiger charge is -2.11. The molecule has 0 saturated carbocycles. The van der Waals surface area contributed by atoms with Crippen LogP contribution in [-0.2, 0) is 6.42 Å². The highest BCUT2D eigenvalue weighted by molar-refractivity contribution is 5.78. The van der Waals surface area contributed by atoms with Crippen LogP contribution in [-0.4, -0.2) is 7.05 Å². The van der Waals surface area contributed by atoms with E-state index in [0.717, 1.165) is 28.9 Å². The third kappa shape index (κ3) is 2.42. The van der Waals surface area contributed by atoms with E-state index in [1.54, 1.807) is 6.26 Å². The monoisotopic (exact) mass is 255 g/mol. The van der Waals surface area contributed by atoms with Crippen LogP contribution in [0.25, 0.3) is 11.0 Å². The number of furan rings is 2. The molecule has 2 heterocycles. The first-order chi connectivity index (χ1) is 9.26. The first-order valence-electron chi connectivity index (χ1n) is 6.46. The van der Waals surface area contributed by atoms with Crippen LogP contribution >= 0.6 is 0 Å². The van der Waals surface area contributed by atoms with Gasteiger partial charge in [-0.3, -0.25) is 0 Å². The minimum atomic E-state index is 0.124. The summed E-state index contributed by atoms with van der Waals surface area (Å²) >= 11 is 0. The quantitative estimate of drug-likeness (QED) is 0.769. The number of likely N-dealkylation sites (N-methyl/N-ethyl adjacent to an activating group) is 1. The summed E-state index contributed by atoms with van der Waals surface area (Å²) in [5.74, 6) is 1.90. The highest BCUT2D eigenvalue weighted by Crippen LogP contribution is 2.26. The first kappa shape index (κ1) is 12.1. The van der Waals surface area contributed by atoms with E-state index in [2.05, 4.69) is 30.4 Å². The Labute approximate surface area is 112 Å². The Morgan fingerprint density at radius 1 is 1.21 bits per heavy atom. The summed E-state index contributed by atoms with van der Waals surface area (Å²) in [6.45, 7) is 2.09. The molecule has 3 heteroatoms. The Morgan fingerprint density at radius 2 is 2.11 bits per heavy atom. The molecule has 98 valence electrons. The normalized spacial score (nSPS) is 12.9. The number of hydrogen-bond acceptors (Lipinski definition) is 3. The average Bonchev–Trinajstić information content (AvgIpc) is 3.03. The Kier molecular flexibility index (Phi) is 3.13. The van der Waals surface area contributed by atoms with Gasteiger partial charge < -0.3 is 14.2 Å². The molecule has 0 spiro atoms. The summed E-state index contributed by atoms with van der Waals surface area (Å²) in [4.78, 5) is 0. The zero-order valence-electron chi connectivity index (χ0n) is 11.1. The van der Waals surface area contributed by atoms with Crippen molar-refractivity contribution in [2.75, 3.05) is 7.05 Å². The molecular formula is C16H17NO2. The molecule has 0 fully saturated rings. The van der Waals surface area contributed by atoms with Crippen LogP contribution in [0.4, 0.5) is 0 Å². The molecule has 0 aliphatic rings. The average molecular weight is 255 g/mol. The lowest BCUT2D eigenvalue weighted by molar-refractivity contribution is 0.413. The SMILES string of the molecule is CNC(Cc1ccco1)c1cc2cc(C)ccc2o1. The number of nitrogens with one attached hydrogen (secondary N) is 1. The van der Waals surface area contributed by atoms with E-state index >= 15 is 0 Å². The molecule has 0 aliphatic heterocycles. The molecule has 3 nitrogen and oxygen atoms in total. The number of benzene rings is 1. The van der Waals surface area contributed by atoms with Crippen LogP contribution in [0.1, 0.15) is 23.1 Å². The molecule has 2 aromatic heterocycles. The van der Waals surface area contributed by atoms with Crippen molar-refractivity contribution in [2.45, 2.75) is 19.4 Å². The predicted octanol–water partition coefficient (Wildman–Crippen LogP) is 3.84. The number of fused-ring (bicyclic) bond motifs is 1. The minimum Gasteiger partial charge on any atom is -0.469 e. The standard InChI is InChI=1S/C16H17NO2/c1-11-5-6-15-12(8-11)9-16(19-15)14(17-2)10-13-4-3-7-18-13/h3-9,14,17H,10H2,1-2H3. The molecule has 19 heavy (non-hydrogen) atoms. The molecular weight excluding hydrogens is 238 g/mol. The van der Waals surface area contributed by atoms with Crippen LogP contribution in [0, 0.1) is 6.92 Å². The van der Waals surface area contributed by atoms with Gasteiger partial charge in [0.25, 0.3) is 0 Å². The minimum absolute atomic E-state index is 0.124. The molecule has 0 aliphatic carbocycles. The van der Waals surface area contributed by atoms with E-state index in [-0.39, 0.29) is 6.04 Å². The summed E-state index contributed by atoms with van der Waals surface area (Å²) in [5, 5.41) is 4.43. The van der Waals surface area contributed by atoms with Crippen LogP contribution in [0.5, 0.6) is 0 Å². The van der Waals surface area contributed by atoms with E-state index in [0.29, 0.717) is 0 Å². The largest absolute Gasteiger partial charge is 0.469 e. The molecule has 1 unspecified atom stereocenters. The van der Waals surface area contributed by atoms with Gasteiger partial charge >= 0.3 is 0 Å². The fourth-order valence-corrected chi connectivity index (χ4v) is 2.33. The summed E-state index contributed by atoms with van der Waals surface area (Å²) in [5.41, 5.74) is 2.17. The van der Waals surface area contributed by atoms with Gasteiger partial charge in [0.15, 0.2) is 0 Å². The highest BCUT2D eigenvalue weighted by Gasteiger charge is 2.16. The van der Waals surface area contributed by atoms with Crippen molar-refractivity contribution in [3.05, 3.63) is 59.7 Å². The summed E-state index contributed by atoms with van der Waals surface area (Å²) in [6.07, 6.45) is 2.48. The van der Waals surface area contributed by atoms with Gasteiger partial charge in [-0.1, -0.05) is 11.6 Å². The van der Waals surface area contributed by atoms with E-state index in [4.69, 9.17) is 8.83 Å². The highest BCUT2D eigenvalue weighted by atomic mass is 16.3. The second-order valence-corrected chi connectivity index (χ2v) is 4.81. The van der Waals surface area contributed by atoms with Crippen molar-refractivity contribution in [3.63, 3.8) is 0 Å². The van der Waals surface area contributed by atoms with Gasteiger partial charge in [0, 0.05) is 11.8 Å². The van der Waals surface area contributed by atoms with Crippen molar-refractivity contribution in [1.82, 2.24) is 5.32 Å². The van der Waals surface area contributed by atoms with Crippen molar-refractivity contribution in [2.24, 2.45) is 0 Å². The smallest absolute Gasteiger partial charge is 0.134 e. The Morgan fingerprint density at radius 3 is 2.84 bits per heavy atom. The molecule has 0 bridgehead atoms. The fourth-order valence-electron chi connectivity index (χ4n) is 2.33. The van der Waals surface area contributed by atoms with E-state index < -0.39 is 0 Å². The molecule has 3 aromatic rings. The molecule has 0 amide bonds. The zero-order valence-corrected chi connectivity index (χ0v) is 11.1. The molecule has 1 N–H and O–H groups in total. The van der Waals surface area contributed by atoms with Crippen molar-refractivity contribution in [1.29, 1.82) is 0 Å². The van der Waals surface area contributed by atoms with Crippen LogP contribution in [0.3, 0.4) is 0 Å². The van der Waals surface area contributed by atoms with E-state index in [1.807, 2.05) is 25.2 Å². The summed E-state index contributed by atoms with van der Waals surface area (Å²) in [6, 6.07) is 12.3. The number of rotatable bonds is 4. The molecule has 3 rings (SSSR count). The van der Waals surface area contributed by atoms with Crippen LogP contribution in [0.15, 0.2) is 51.5 Å². The van der Waals surface area contributed by atoms with Gasteiger partial charge in [-0.05, 0) is 44.3 Å². The van der Waals surface area contributed by atoms with Crippen molar-refractivity contribution >= 4 is 11.0 Å². The third-order valence-electron chi connectivity index (χ3n) is 3.37. The summed E-state index contributed by atoms with van der Waals surface area (Å²) < 4.78 is 11.3. The predicted molar refractivity (Wildman–Crippen MR) is 75.2 cm³/mol.